The van der Waals surface area contributed by atoms with Crippen LogP contribution in [0.1, 0.15) is 24.8 Å². The average molecular weight is 426 g/mol. The van der Waals surface area contributed by atoms with Gasteiger partial charge in [0.25, 0.3) is 0 Å². The maximum Gasteiger partial charge on any atom is 0.246 e. The number of carbonyl (C=O) groups excluding carboxylic acids is 2. The molecule has 2 aromatic rings. The zero-order valence-corrected chi connectivity index (χ0v) is 17.6. The number of amides is 2. The molecule has 2 amide bonds. The Morgan fingerprint density at radius 3 is 2.77 bits per heavy atom. The highest BCUT2D eigenvalue weighted by molar-refractivity contribution is 6.32. The van der Waals surface area contributed by atoms with Gasteiger partial charge in [0.1, 0.15) is 5.75 Å². The Balaban J connectivity index is 1.29. The third-order valence-electron chi connectivity index (χ3n) is 6.10. The number of carbonyl (C=O) groups is 2. The van der Waals surface area contributed by atoms with E-state index in [2.05, 4.69) is 10.3 Å². The van der Waals surface area contributed by atoms with Crippen molar-refractivity contribution in [3.63, 3.8) is 0 Å². The van der Waals surface area contributed by atoms with Crippen molar-refractivity contribution in [2.45, 2.75) is 19.3 Å². The van der Waals surface area contributed by atoms with Crippen LogP contribution in [0.15, 0.2) is 48.8 Å². The standard InChI is InChI=1S/C23H24ClN3O3/c1-30-20-6-5-17(13-19(20)24)26-22(29)18-14-23(18)8-11-27(12-9-23)21(28)7-4-16-3-2-10-25-15-16/h2-7,10,13,15,18H,8-9,11-12,14H2,1H3,(H,26,29)/b7-4+. The Labute approximate surface area is 180 Å². The minimum atomic E-state index is -0.0124. The van der Waals surface area contributed by atoms with E-state index in [4.69, 9.17) is 16.3 Å². The average Bonchev–Trinajstić information content (AvgIpc) is 3.47. The molecule has 2 fully saturated rings. The number of ether oxygens (including phenoxy) is 1. The summed E-state index contributed by atoms with van der Waals surface area (Å²) in [6.07, 6.45) is 9.37. The molecule has 1 aliphatic carbocycles. The summed E-state index contributed by atoms with van der Waals surface area (Å²) in [6, 6.07) is 8.97. The fraction of sp³-hybridized carbons (Fsp3) is 0.348. The minimum Gasteiger partial charge on any atom is -0.495 e. The van der Waals surface area contributed by atoms with Crippen LogP contribution in [-0.2, 0) is 9.59 Å². The van der Waals surface area contributed by atoms with Gasteiger partial charge in [-0.15, -0.1) is 0 Å². The van der Waals surface area contributed by atoms with Crippen molar-refractivity contribution in [1.29, 1.82) is 0 Å². The highest BCUT2D eigenvalue weighted by Crippen LogP contribution is 2.59. The number of anilines is 1. The lowest BCUT2D eigenvalue weighted by atomic mass is 9.90. The van der Waals surface area contributed by atoms with Crippen molar-refractivity contribution < 1.29 is 14.3 Å². The first kappa shape index (κ1) is 20.4. The lowest BCUT2D eigenvalue weighted by molar-refractivity contribution is -0.127. The maximum atomic E-state index is 12.7. The number of nitrogens with zero attached hydrogens (tertiary/aromatic N) is 2. The maximum absolute atomic E-state index is 12.7. The van der Waals surface area contributed by atoms with Gasteiger partial charge in [-0.3, -0.25) is 14.6 Å². The van der Waals surface area contributed by atoms with Crippen LogP contribution in [0.2, 0.25) is 5.02 Å². The van der Waals surface area contributed by atoms with E-state index in [9.17, 15) is 9.59 Å². The number of likely N-dealkylation sites (tertiary alicyclic amines) is 1. The van der Waals surface area contributed by atoms with Gasteiger partial charge in [0.05, 0.1) is 12.1 Å². The summed E-state index contributed by atoms with van der Waals surface area (Å²) in [6.45, 7) is 1.35. The van der Waals surface area contributed by atoms with Gasteiger partial charge in [0, 0.05) is 43.2 Å². The summed E-state index contributed by atoms with van der Waals surface area (Å²) in [7, 11) is 1.55. The van der Waals surface area contributed by atoms with E-state index in [1.807, 2.05) is 17.0 Å². The number of methoxy groups -OCH3 is 1. The Morgan fingerprint density at radius 2 is 2.10 bits per heavy atom. The molecule has 4 rings (SSSR count). The van der Waals surface area contributed by atoms with Gasteiger partial charge in [0.2, 0.25) is 11.8 Å². The molecule has 1 aliphatic heterocycles. The SMILES string of the molecule is COc1ccc(NC(=O)C2CC23CCN(C(=O)/C=C/c2cccnc2)CC3)cc1Cl. The molecule has 156 valence electrons. The van der Waals surface area contributed by atoms with Crippen molar-refractivity contribution in [3.05, 3.63) is 59.4 Å². The van der Waals surface area contributed by atoms with Gasteiger partial charge in [-0.25, -0.2) is 0 Å². The number of pyridine rings is 1. The number of halogens is 1. The van der Waals surface area contributed by atoms with Crippen molar-refractivity contribution >= 4 is 35.2 Å². The quantitative estimate of drug-likeness (QED) is 0.734. The van der Waals surface area contributed by atoms with Gasteiger partial charge in [0.15, 0.2) is 0 Å². The molecule has 6 nitrogen and oxygen atoms in total. The molecule has 2 aliphatic rings. The molecule has 0 radical (unpaired) electrons. The van der Waals surface area contributed by atoms with Gasteiger partial charge in [-0.1, -0.05) is 17.7 Å². The zero-order chi connectivity index (χ0) is 21.1. The molecular weight excluding hydrogens is 402 g/mol. The topological polar surface area (TPSA) is 71.5 Å². The number of nitrogens with one attached hydrogen (secondary N) is 1. The van der Waals surface area contributed by atoms with Crippen LogP contribution in [0, 0.1) is 11.3 Å². The molecule has 1 spiro atoms. The summed E-state index contributed by atoms with van der Waals surface area (Å²) in [5.41, 5.74) is 1.59. The van der Waals surface area contributed by atoms with Gasteiger partial charge < -0.3 is 15.0 Å². The fourth-order valence-corrected chi connectivity index (χ4v) is 4.42. The van der Waals surface area contributed by atoms with Crippen LogP contribution in [0.3, 0.4) is 0 Å². The lowest BCUT2D eigenvalue weighted by Crippen LogP contribution is -2.39. The van der Waals surface area contributed by atoms with Crippen LogP contribution < -0.4 is 10.1 Å². The van der Waals surface area contributed by atoms with Crippen molar-refractivity contribution in [2.24, 2.45) is 11.3 Å². The second-order valence-corrected chi connectivity index (χ2v) is 8.31. The molecule has 0 bridgehead atoms. The number of rotatable bonds is 5. The van der Waals surface area contributed by atoms with E-state index in [1.54, 1.807) is 49.9 Å². The van der Waals surface area contributed by atoms with Gasteiger partial charge in [-0.05, 0) is 60.6 Å². The summed E-state index contributed by atoms with van der Waals surface area (Å²) < 4.78 is 5.14. The molecule has 2 heterocycles. The molecule has 7 heteroatoms. The molecule has 1 saturated heterocycles. The van der Waals surface area contributed by atoms with Gasteiger partial charge in [-0.2, -0.15) is 0 Å². The van der Waals surface area contributed by atoms with Gasteiger partial charge >= 0.3 is 0 Å². The van der Waals surface area contributed by atoms with E-state index in [-0.39, 0.29) is 23.1 Å². The second-order valence-electron chi connectivity index (χ2n) is 7.90. The van der Waals surface area contributed by atoms with Crippen molar-refractivity contribution in [1.82, 2.24) is 9.88 Å². The second kappa shape index (κ2) is 8.48. The van der Waals surface area contributed by atoms with Crippen LogP contribution in [0.5, 0.6) is 5.75 Å². The first-order valence-corrected chi connectivity index (χ1v) is 10.4. The smallest absolute Gasteiger partial charge is 0.246 e. The molecule has 1 aromatic carbocycles. The molecule has 1 atom stereocenters. The van der Waals surface area contributed by atoms with Crippen molar-refractivity contribution in [2.75, 3.05) is 25.5 Å². The van der Waals surface area contributed by atoms with Crippen LogP contribution in [0.25, 0.3) is 6.08 Å². The summed E-state index contributed by atoms with van der Waals surface area (Å²) in [5, 5.41) is 3.43. The number of hydrogen-bond acceptors (Lipinski definition) is 4. The lowest BCUT2D eigenvalue weighted by Gasteiger charge is -2.32. The molecule has 1 unspecified atom stereocenters. The molecule has 1 aromatic heterocycles. The Bertz CT molecular complexity index is 969. The predicted octanol–water partition coefficient (Wildman–Crippen LogP) is 4.02. The highest BCUT2D eigenvalue weighted by Gasteiger charge is 2.58. The van der Waals surface area contributed by atoms with Crippen LogP contribution >= 0.6 is 11.6 Å². The Hall–Kier alpha value is -2.86. The first-order valence-electron chi connectivity index (χ1n) is 10.0. The van der Waals surface area contributed by atoms with Crippen molar-refractivity contribution in [3.8, 4) is 5.75 Å². The largest absolute Gasteiger partial charge is 0.495 e. The highest BCUT2D eigenvalue weighted by atomic mass is 35.5. The normalized spacial score (nSPS) is 19.7. The fourth-order valence-electron chi connectivity index (χ4n) is 4.16. The van der Waals surface area contributed by atoms with Crippen LogP contribution in [-0.4, -0.2) is 41.9 Å². The van der Waals surface area contributed by atoms with E-state index in [0.717, 1.165) is 24.8 Å². The Morgan fingerprint density at radius 1 is 1.30 bits per heavy atom. The number of hydrogen-bond donors (Lipinski definition) is 1. The van der Waals surface area contributed by atoms with E-state index >= 15 is 0 Å². The Kier molecular flexibility index (Phi) is 5.77. The van der Waals surface area contributed by atoms with Crippen LogP contribution in [0.4, 0.5) is 5.69 Å². The number of aromatic nitrogens is 1. The summed E-state index contributed by atoms with van der Waals surface area (Å²) in [5.74, 6) is 0.587. The first-order chi connectivity index (χ1) is 14.5. The molecule has 1 saturated carbocycles. The third kappa shape index (κ3) is 4.33. The van der Waals surface area contributed by atoms with E-state index in [1.165, 1.54) is 0 Å². The monoisotopic (exact) mass is 425 g/mol. The summed E-state index contributed by atoms with van der Waals surface area (Å²) in [4.78, 5) is 31.1. The summed E-state index contributed by atoms with van der Waals surface area (Å²) >= 11 is 6.14. The molecule has 1 N–H and O–H groups in total. The predicted molar refractivity (Wildman–Crippen MR) is 116 cm³/mol. The molecular formula is C23H24ClN3O3. The minimum absolute atomic E-state index is 0.00299. The van der Waals surface area contributed by atoms with E-state index in [0.29, 0.717) is 29.5 Å². The zero-order valence-electron chi connectivity index (χ0n) is 16.8. The number of piperidine rings is 1. The number of benzene rings is 1. The van der Waals surface area contributed by atoms with E-state index < -0.39 is 0 Å². The molecule has 30 heavy (non-hydrogen) atoms. The third-order valence-corrected chi connectivity index (χ3v) is 6.39.